The van der Waals surface area contributed by atoms with E-state index < -0.39 is 0 Å². The lowest BCUT2D eigenvalue weighted by atomic mass is 10.0. The van der Waals surface area contributed by atoms with Gasteiger partial charge in [-0.25, -0.2) is 4.98 Å². The van der Waals surface area contributed by atoms with Gasteiger partial charge < -0.3 is 9.64 Å². The van der Waals surface area contributed by atoms with Crippen LogP contribution < -0.4 is 9.64 Å². The quantitative estimate of drug-likeness (QED) is 0.436. The Morgan fingerprint density at radius 1 is 1.06 bits per heavy atom. The van der Waals surface area contributed by atoms with Crippen molar-refractivity contribution in [2.45, 2.75) is 34.1 Å². The maximum absolute atomic E-state index is 13.4. The molecule has 31 heavy (non-hydrogen) atoms. The van der Waals surface area contributed by atoms with Crippen LogP contribution in [0.15, 0.2) is 36.4 Å². The van der Waals surface area contributed by atoms with Gasteiger partial charge in [-0.05, 0) is 55.8 Å². The predicted molar refractivity (Wildman–Crippen MR) is 133 cm³/mol. The van der Waals surface area contributed by atoms with Gasteiger partial charge in [-0.3, -0.25) is 9.69 Å². The minimum atomic E-state index is 0. The van der Waals surface area contributed by atoms with Gasteiger partial charge in [0.1, 0.15) is 11.3 Å². The molecule has 0 radical (unpaired) electrons. The largest absolute Gasteiger partial charge is 0.494 e. The van der Waals surface area contributed by atoms with Crippen molar-refractivity contribution < 1.29 is 9.53 Å². The first-order valence-corrected chi connectivity index (χ1v) is 11.3. The zero-order chi connectivity index (χ0) is 21.7. The van der Waals surface area contributed by atoms with Crippen molar-refractivity contribution in [1.29, 1.82) is 0 Å². The Kier molecular flexibility index (Phi) is 9.29. The second-order valence-corrected chi connectivity index (χ2v) is 8.48. The molecule has 0 N–H and O–H groups in total. The molecule has 3 rings (SSSR count). The van der Waals surface area contributed by atoms with E-state index in [4.69, 9.17) is 9.72 Å². The lowest BCUT2D eigenvalue weighted by Crippen LogP contribution is -2.39. The van der Waals surface area contributed by atoms with Crippen molar-refractivity contribution >= 4 is 45.0 Å². The van der Waals surface area contributed by atoms with Gasteiger partial charge in [-0.2, -0.15) is 0 Å². The van der Waals surface area contributed by atoms with E-state index in [0.29, 0.717) is 13.0 Å². The van der Waals surface area contributed by atoms with Crippen LogP contribution in [0.1, 0.15) is 30.5 Å². The highest BCUT2D eigenvalue weighted by molar-refractivity contribution is 7.22. The van der Waals surface area contributed by atoms with Gasteiger partial charge >= 0.3 is 0 Å². The Balaban J connectivity index is 0.00000341. The number of thiazole rings is 1. The Bertz CT molecular complexity index is 1020. The smallest absolute Gasteiger partial charge is 0.233 e. The van der Waals surface area contributed by atoms with Gasteiger partial charge in [0.25, 0.3) is 0 Å². The van der Waals surface area contributed by atoms with Crippen LogP contribution in [0, 0.1) is 13.8 Å². The average molecular weight is 462 g/mol. The number of para-hydroxylation sites is 1. The van der Waals surface area contributed by atoms with Gasteiger partial charge in [-0.1, -0.05) is 49.4 Å². The second kappa shape index (κ2) is 11.5. The van der Waals surface area contributed by atoms with E-state index >= 15 is 0 Å². The first-order valence-electron chi connectivity index (χ1n) is 10.5. The number of halogens is 1. The molecule has 2 aromatic carbocycles. The van der Waals surface area contributed by atoms with Crippen molar-refractivity contribution in [2.75, 3.05) is 38.2 Å². The van der Waals surface area contributed by atoms with Crippen LogP contribution in [0.4, 0.5) is 5.13 Å². The molecule has 7 heteroatoms. The van der Waals surface area contributed by atoms with E-state index in [0.717, 1.165) is 46.3 Å². The Morgan fingerprint density at radius 3 is 2.45 bits per heavy atom. The molecule has 0 spiro atoms. The number of methoxy groups -OCH3 is 1. The number of rotatable bonds is 9. The van der Waals surface area contributed by atoms with Crippen LogP contribution in [0.2, 0.25) is 0 Å². The maximum Gasteiger partial charge on any atom is 0.233 e. The Hall–Kier alpha value is -2.15. The number of carbonyl (C=O) groups excluding carboxylic acids is 1. The minimum absolute atomic E-state index is 0. The molecule has 0 aliphatic rings. The molecule has 0 fully saturated rings. The summed E-state index contributed by atoms with van der Waals surface area (Å²) in [6.45, 7) is 11.8. The summed E-state index contributed by atoms with van der Waals surface area (Å²) in [6, 6.07) is 12.1. The molecule has 0 bridgehead atoms. The number of aryl methyl sites for hydroxylation is 2. The number of fused-ring (bicyclic) bond motifs is 1. The Morgan fingerprint density at radius 2 is 1.81 bits per heavy atom. The number of hydrogen-bond donors (Lipinski definition) is 0. The van der Waals surface area contributed by atoms with Gasteiger partial charge in [0.2, 0.25) is 5.91 Å². The summed E-state index contributed by atoms with van der Waals surface area (Å²) in [7, 11) is 1.65. The monoisotopic (exact) mass is 461 g/mol. The Labute approximate surface area is 195 Å². The molecule has 1 heterocycles. The summed E-state index contributed by atoms with van der Waals surface area (Å²) in [6.07, 6.45) is 0.367. The van der Waals surface area contributed by atoms with Crippen molar-refractivity contribution in [3.05, 3.63) is 53.1 Å². The normalized spacial score (nSPS) is 10.9. The van der Waals surface area contributed by atoms with Crippen molar-refractivity contribution in [3.8, 4) is 5.75 Å². The number of ether oxygens (including phenoxy) is 1. The number of benzene rings is 2. The standard InChI is InChI=1S/C24H31N3O2S.ClH/c1-6-26(7-2)13-14-27(22(28)16-19-12-11-17(3)18(4)15-19)24-25-23-20(29-5)9-8-10-21(23)30-24;/h8-12,15H,6-7,13-14,16H2,1-5H3;1H. The van der Waals surface area contributed by atoms with E-state index in [2.05, 4.69) is 44.7 Å². The molecule has 1 aromatic heterocycles. The molecule has 0 saturated carbocycles. The molecule has 0 atom stereocenters. The first kappa shape index (κ1) is 25.1. The topological polar surface area (TPSA) is 45.7 Å². The molecule has 1 amide bonds. The fraction of sp³-hybridized carbons (Fsp3) is 0.417. The molecule has 0 aliphatic heterocycles. The maximum atomic E-state index is 13.4. The average Bonchev–Trinajstić information content (AvgIpc) is 3.17. The molecule has 3 aromatic rings. The van der Waals surface area contributed by atoms with Gasteiger partial charge in [-0.15, -0.1) is 12.4 Å². The number of carbonyl (C=O) groups is 1. The highest BCUT2D eigenvalue weighted by Crippen LogP contribution is 2.34. The highest BCUT2D eigenvalue weighted by atomic mass is 35.5. The van der Waals surface area contributed by atoms with E-state index in [-0.39, 0.29) is 18.3 Å². The summed E-state index contributed by atoms with van der Waals surface area (Å²) in [5.74, 6) is 0.809. The molecule has 5 nitrogen and oxygen atoms in total. The van der Waals surface area contributed by atoms with Gasteiger partial charge in [0.05, 0.1) is 18.2 Å². The third-order valence-electron chi connectivity index (χ3n) is 5.58. The minimum Gasteiger partial charge on any atom is -0.494 e. The summed E-state index contributed by atoms with van der Waals surface area (Å²) >= 11 is 1.54. The van der Waals surface area contributed by atoms with E-state index in [9.17, 15) is 4.79 Å². The number of aromatic nitrogens is 1. The van der Waals surface area contributed by atoms with Crippen LogP contribution in [-0.2, 0) is 11.2 Å². The van der Waals surface area contributed by atoms with E-state index in [1.807, 2.05) is 29.2 Å². The number of nitrogens with zero attached hydrogens (tertiary/aromatic N) is 3. The third kappa shape index (κ3) is 5.97. The second-order valence-electron chi connectivity index (χ2n) is 7.47. The van der Waals surface area contributed by atoms with Crippen molar-refractivity contribution in [3.63, 3.8) is 0 Å². The lowest BCUT2D eigenvalue weighted by molar-refractivity contribution is -0.118. The predicted octanol–water partition coefficient (Wildman–Crippen LogP) is 5.26. The summed E-state index contributed by atoms with van der Waals surface area (Å²) in [5.41, 5.74) is 4.30. The van der Waals surface area contributed by atoms with Crippen molar-refractivity contribution in [1.82, 2.24) is 9.88 Å². The van der Waals surface area contributed by atoms with E-state index in [1.54, 1.807) is 18.4 Å². The summed E-state index contributed by atoms with van der Waals surface area (Å²) in [5, 5.41) is 0.732. The van der Waals surface area contributed by atoms with Crippen LogP contribution in [0.3, 0.4) is 0 Å². The lowest BCUT2D eigenvalue weighted by Gasteiger charge is -2.25. The number of hydrogen-bond acceptors (Lipinski definition) is 5. The SMILES string of the molecule is CCN(CC)CCN(C(=O)Cc1ccc(C)c(C)c1)c1nc2c(OC)cccc2s1.Cl. The summed E-state index contributed by atoms with van der Waals surface area (Å²) in [4.78, 5) is 22.3. The van der Waals surface area contributed by atoms with Gasteiger partial charge in [0, 0.05) is 13.1 Å². The zero-order valence-corrected chi connectivity index (χ0v) is 20.6. The first-order chi connectivity index (χ1) is 14.5. The number of likely N-dealkylation sites (N-methyl/N-ethyl adjacent to an activating group) is 1. The zero-order valence-electron chi connectivity index (χ0n) is 19.0. The van der Waals surface area contributed by atoms with Crippen LogP contribution in [0.5, 0.6) is 5.75 Å². The molecule has 0 saturated heterocycles. The third-order valence-corrected chi connectivity index (χ3v) is 6.63. The number of amides is 1. The molecule has 0 aliphatic carbocycles. The molecular weight excluding hydrogens is 430 g/mol. The van der Waals surface area contributed by atoms with E-state index in [1.165, 1.54) is 11.1 Å². The molecule has 168 valence electrons. The fourth-order valence-electron chi connectivity index (χ4n) is 3.48. The molecule has 0 unspecified atom stereocenters. The summed E-state index contributed by atoms with van der Waals surface area (Å²) < 4.78 is 6.49. The van der Waals surface area contributed by atoms with Crippen LogP contribution >= 0.6 is 23.7 Å². The van der Waals surface area contributed by atoms with Crippen molar-refractivity contribution in [2.24, 2.45) is 0 Å². The number of anilines is 1. The van der Waals surface area contributed by atoms with Crippen LogP contribution in [0.25, 0.3) is 10.2 Å². The fourth-order valence-corrected chi connectivity index (χ4v) is 4.51. The van der Waals surface area contributed by atoms with Gasteiger partial charge in [0.15, 0.2) is 5.13 Å². The highest BCUT2D eigenvalue weighted by Gasteiger charge is 2.22. The molecular formula is C24H32ClN3O2S. The van der Waals surface area contributed by atoms with Crippen LogP contribution in [-0.4, -0.2) is 49.1 Å².